The molecular weight excluding hydrogens is 290 g/mol. The standard InChI is InChI=1S/C19H27NO3/c1-3-15(12-11-14-8-5-4-6-9-14)17(21)20-16-10-7-13-19(16,2)18(22)23/h4-6,8-9,15-16H,3,7,10-13H2,1-2H3,(H,20,21)(H,22,23). The Morgan fingerprint density at radius 2 is 2.04 bits per heavy atom. The van der Waals surface area contributed by atoms with Crippen molar-refractivity contribution in [3.05, 3.63) is 35.9 Å². The molecule has 4 heteroatoms. The van der Waals surface area contributed by atoms with Crippen LogP contribution in [0.25, 0.3) is 0 Å². The largest absolute Gasteiger partial charge is 0.481 e. The number of amides is 1. The van der Waals surface area contributed by atoms with Crippen LogP contribution in [0.2, 0.25) is 0 Å². The van der Waals surface area contributed by atoms with Crippen LogP contribution in [0.5, 0.6) is 0 Å². The second-order valence-electron chi connectivity index (χ2n) is 6.81. The highest BCUT2D eigenvalue weighted by molar-refractivity contribution is 5.81. The SMILES string of the molecule is CCC(CCc1ccccc1)C(=O)NC1CCCC1(C)C(=O)O. The van der Waals surface area contributed by atoms with Gasteiger partial charge in [-0.05, 0) is 44.6 Å². The van der Waals surface area contributed by atoms with Crippen LogP contribution in [-0.2, 0) is 16.0 Å². The van der Waals surface area contributed by atoms with E-state index in [9.17, 15) is 14.7 Å². The summed E-state index contributed by atoms with van der Waals surface area (Å²) in [6.45, 7) is 3.76. The second-order valence-corrected chi connectivity index (χ2v) is 6.81. The zero-order valence-corrected chi connectivity index (χ0v) is 14.0. The molecule has 1 amide bonds. The van der Waals surface area contributed by atoms with Gasteiger partial charge in [0.15, 0.2) is 0 Å². The molecule has 126 valence electrons. The van der Waals surface area contributed by atoms with E-state index in [1.165, 1.54) is 5.56 Å². The maximum Gasteiger partial charge on any atom is 0.311 e. The molecule has 0 bridgehead atoms. The van der Waals surface area contributed by atoms with E-state index in [1.807, 2.05) is 25.1 Å². The molecule has 0 heterocycles. The fourth-order valence-electron chi connectivity index (χ4n) is 3.45. The predicted octanol–water partition coefficient (Wildman–Crippen LogP) is 3.41. The summed E-state index contributed by atoms with van der Waals surface area (Å²) in [7, 11) is 0. The Morgan fingerprint density at radius 3 is 2.65 bits per heavy atom. The minimum absolute atomic E-state index is 0.00260. The zero-order valence-electron chi connectivity index (χ0n) is 14.0. The first-order valence-electron chi connectivity index (χ1n) is 8.55. The number of benzene rings is 1. The molecule has 0 aliphatic heterocycles. The first-order valence-corrected chi connectivity index (χ1v) is 8.55. The van der Waals surface area contributed by atoms with Crippen LogP contribution in [-0.4, -0.2) is 23.0 Å². The Morgan fingerprint density at radius 1 is 1.35 bits per heavy atom. The number of rotatable bonds is 7. The summed E-state index contributed by atoms with van der Waals surface area (Å²) in [4.78, 5) is 24.1. The molecule has 3 atom stereocenters. The highest BCUT2D eigenvalue weighted by Crippen LogP contribution is 2.38. The molecule has 0 spiro atoms. The fraction of sp³-hybridized carbons (Fsp3) is 0.579. The Labute approximate surface area is 138 Å². The van der Waals surface area contributed by atoms with Gasteiger partial charge in [0, 0.05) is 12.0 Å². The number of carbonyl (C=O) groups is 2. The third kappa shape index (κ3) is 4.12. The molecule has 1 fully saturated rings. The van der Waals surface area contributed by atoms with Crippen molar-refractivity contribution in [3.8, 4) is 0 Å². The monoisotopic (exact) mass is 317 g/mol. The second kappa shape index (κ2) is 7.62. The Bertz CT molecular complexity index is 543. The van der Waals surface area contributed by atoms with Crippen molar-refractivity contribution in [1.82, 2.24) is 5.32 Å². The van der Waals surface area contributed by atoms with Crippen LogP contribution in [0, 0.1) is 11.3 Å². The molecular formula is C19H27NO3. The van der Waals surface area contributed by atoms with E-state index >= 15 is 0 Å². The first kappa shape index (κ1) is 17.5. The fourth-order valence-corrected chi connectivity index (χ4v) is 3.45. The van der Waals surface area contributed by atoms with Crippen molar-refractivity contribution in [2.45, 2.75) is 58.4 Å². The summed E-state index contributed by atoms with van der Waals surface area (Å²) < 4.78 is 0. The van der Waals surface area contributed by atoms with Crippen LogP contribution in [0.1, 0.15) is 51.5 Å². The summed E-state index contributed by atoms with van der Waals surface area (Å²) in [6, 6.07) is 9.89. The molecule has 1 aliphatic rings. The number of carboxylic acids is 1. The Kier molecular flexibility index (Phi) is 5.80. The lowest BCUT2D eigenvalue weighted by molar-refractivity contribution is -0.149. The van der Waals surface area contributed by atoms with Gasteiger partial charge in [0.1, 0.15) is 0 Å². The number of aryl methyl sites for hydroxylation is 1. The van der Waals surface area contributed by atoms with E-state index in [4.69, 9.17) is 0 Å². The number of carboxylic acid groups (broad SMARTS) is 1. The first-order chi connectivity index (χ1) is 11.0. The smallest absolute Gasteiger partial charge is 0.311 e. The maximum absolute atomic E-state index is 12.6. The predicted molar refractivity (Wildman–Crippen MR) is 90.1 cm³/mol. The molecule has 0 aromatic heterocycles. The molecule has 2 rings (SSSR count). The molecule has 1 aromatic carbocycles. The molecule has 1 saturated carbocycles. The lowest BCUT2D eigenvalue weighted by Gasteiger charge is -2.29. The third-order valence-corrected chi connectivity index (χ3v) is 5.25. The van der Waals surface area contributed by atoms with Gasteiger partial charge in [-0.1, -0.05) is 43.7 Å². The quantitative estimate of drug-likeness (QED) is 0.810. The molecule has 3 unspecified atom stereocenters. The summed E-state index contributed by atoms with van der Waals surface area (Å²) in [5.41, 5.74) is 0.405. The average molecular weight is 317 g/mol. The van der Waals surface area contributed by atoms with E-state index in [-0.39, 0.29) is 17.9 Å². The molecule has 0 saturated heterocycles. The van der Waals surface area contributed by atoms with Crippen molar-refractivity contribution in [3.63, 3.8) is 0 Å². The summed E-state index contributed by atoms with van der Waals surface area (Å²) in [5, 5.41) is 12.5. The lowest BCUT2D eigenvalue weighted by atomic mass is 9.84. The van der Waals surface area contributed by atoms with Gasteiger partial charge in [0.05, 0.1) is 5.41 Å². The number of aliphatic carboxylic acids is 1. The van der Waals surface area contributed by atoms with Crippen LogP contribution in [0.15, 0.2) is 30.3 Å². The Balaban J connectivity index is 1.93. The van der Waals surface area contributed by atoms with E-state index < -0.39 is 11.4 Å². The van der Waals surface area contributed by atoms with Crippen LogP contribution in [0.3, 0.4) is 0 Å². The molecule has 23 heavy (non-hydrogen) atoms. The lowest BCUT2D eigenvalue weighted by Crippen LogP contribution is -2.48. The highest BCUT2D eigenvalue weighted by Gasteiger charge is 2.46. The van der Waals surface area contributed by atoms with Crippen LogP contribution in [0.4, 0.5) is 0 Å². The summed E-state index contributed by atoms with van der Waals surface area (Å²) >= 11 is 0. The van der Waals surface area contributed by atoms with Crippen molar-refractivity contribution < 1.29 is 14.7 Å². The van der Waals surface area contributed by atoms with Crippen molar-refractivity contribution in [2.24, 2.45) is 11.3 Å². The van der Waals surface area contributed by atoms with Gasteiger partial charge in [-0.3, -0.25) is 9.59 Å². The van der Waals surface area contributed by atoms with Crippen molar-refractivity contribution in [2.75, 3.05) is 0 Å². The molecule has 0 radical (unpaired) electrons. The number of carbonyl (C=O) groups excluding carboxylic acids is 1. The minimum Gasteiger partial charge on any atom is -0.481 e. The maximum atomic E-state index is 12.6. The van der Waals surface area contributed by atoms with E-state index in [2.05, 4.69) is 17.4 Å². The van der Waals surface area contributed by atoms with Gasteiger partial charge < -0.3 is 10.4 Å². The number of hydrogen-bond acceptors (Lipinski definition) is 2. The normalized spacial score (nSPS) is 25.0. The molecule has 2 N–H and O–H groups in total. The van der Waals surface area contributed by atoms with Crippen molar-refractivity contribution >= 4 is 11.9 Å². The van der Waals surface area contributed by atoms with Gasteiger partial charge in [0.2, 0.25) is 5.91 Å². The molecule has 4 nitrogen and oxygen atoms in total. The van der Waals surface area contributed by atoms with Gasteiger partial charge in [-0.25, -0.2) is 0 Å². The average Bonchev–Trinajstić information content (AvgIpc) is 2.91. The minimum atomic E-state index is -0.826. The third-order valence-electron chi connectivity index (χ3n) is 5.25. The van der Waals surface area contributed by atoms with E-state index in [1.54, 1.807) is 6.92 Å². The summed E-state index contributed by atoms with van der Waals surface area (Å²) in [5.74, 6) is -0.866. The molecule has 1 aromatic rings. The van der Waals surface area contributed by atoms with Gasteiger partial charge in [-0.15, -0.1) is 0 Å². The highest BCUT2D eigenvalue weighted by atomic mass is 16.4. The number of hydrogen-bond donors (Lipinski definition) is 2. The van der Waals surface area contributed by atoms with Crippen LogP contribution >= 0.6 is 0 Å². The van der Waals surface area contributed by atoms with Gasteiger partial charge in [0.25, 0.3) is 0 Å². The van der Waals surface area contributed by atoms with E-state index in [0.717, 1.165) is 32.1 Å². The zero-order chi connectivity index (χ0) is 16.9. The van der Waals surface area contributed by atoms with Gasteiger partial charge >= 0.3 is 5.97 Å². The van der Waals surface area contributed by atoms with Crippen LogP contribution < -0.4 is 5.32 Å². The summed E-state index contributed by atoms with van der Waals surface area (Å²) in [6.07, 6.45) is 4.68. The Hall–Kier alpha value is -1.84. The number of nitrogens with one attached hydrogen (secondary N) is 1. The van der Waals surface area contributed by atoms with Crippen molar-refractivity contribution in [1.29, 1.82) is 0 Å². The molecule has 1 aliphatic carbocycles. The topological polar surface area (TPSA) is 66.4 Å². The van der Waals surface area contributed by atoms with Gasteiger partial charge in [-0.2, -0.15) is 0 Å². The van der Waals surface area contributed by atoms with E-state index in [0.29, 0.717) is 6.42 Å².